The molecule has 1 atom stereocenters. The standard InChI is InChI=1S/C9H21N3/c1-10-5-6-12(2)8-9-3-4-11-7-9/h9-11H,3-8H2,1-2H3/t9-/m1/s1. The van der Waals surface area contributed by atoms with Gasteiger partial charge in [-0.2, -0.15) is 0 Å². The van der Waals surface area contributed by atoms with E-state index >= 15 is 0 Å². The van der Waals surface area contributed by atoms with Crippen molar-refractivity contribution in [2.75, 3.05) is 46.8 Å². The van der Waals surface area contributed by atoms with E-state index in [4.69, 9.17) is 0 Å². The normalized spacial score (nSPS) is 23.8. The lowest BCUT2D eigenvalue weighted by Gasteiger charge is -2.19. The van der Waals surface area contributed by atoms with E-state index < -0.39 is 0 Å². The van der Waals surface area contributed by atoms with Crippen LogP contribution < -0.4 is 10.6 Å². The van der Waals surface area contributed by atoms with E-state index in [0.29, 0.717) is 0 Å². The van der Waals surface area contributed by atoms with Gasteiger partial charge in [-0.25, -0.2) is 0 Å². The van der Waals surface area contributed by atoms with Gasteiger partial charge in [-0.05, 0) is 39.5 Å². The Morgan fingerprint density at radius 2 is 2.42 bits per heavy atom. The molecule has 1 aliphatic rings. The van der Waals surface area contributed by atoms with Crippen LogP contribution in [0.5, 0.6) is 0 Å². The van der Waals surface area contributed by atoms with Gasteiger partial charge in [0.2, 0.25) is 0 Å². The summed E-state index contributed by atoms with van der Waals surface area (Å²) in [7, 11) is 4.21. The van der Waals surface area contributed by atoms with Crippen LogP contribution in [-0.2, 0) is 0 Å². The highest BCUT2D eigenvalue weighted by Crippen LogP contribution is 2.07. The van der Waals surface area contributed by atoms with E-state index in [1.54, 1.807) is 0 Å². The maximum atomic E-state index is 3.39. The molecular formula is C9H21N3. The van der Waals surface area contributed by atoms with E-state index in [-0.39, 0.29) is 0 Å². The summed E-state index contributed by atoms with van der Waals surface area (Å²) in [5.74, 6) is 0.881. The fourth-order valence-corrected chi connectivity index (χ4v) is 1.70. The minimum absolute atomic E-state index is 0.881. The van der Waals surface area contributed by atoms with Crippen molar-refractivity contribution in [3.8, 4) is 0 Å². The zero-order valence-electron chi connectivity index (χ0n) is 8.27. The minimum Gasteiger partial charge on any atom is -0.318 e. The summed E-state index contributed by atoms with van der Waals surface area (Å²) in [6.45, 7) is 5.92. The quantitative estimate of drug-likeness (QED) is 0.597. The van der Waals surface area contributed by atoms with Gasteiger partial charge in [0, 0.05) is 19.6 Å². The fraction of sp³-hybridized carbons (Fsp3) is 1.00. The molecule has 0 aromatic heterocycles. The molecule has 1 heterocycles. The molecule has 0 bridgehead atoms. The number of hydrogen-bond acceptors (Lipinski definition) is 3. The molecule has 3 nitrogen and oxygen atoms in total. The van der Waals surface area contributed by atoms with Crippen LogP contribution >= 0.6 is 0 Å². The van der Waals surface area contributed by atoms with Crippen LogP contribution in [0.4, 0.5) is 0 Å². The Morgan fingerprint density at radius 3 is 3.00 bits per heavy atom. The first-order chi connectivity index (χ1) is 5.83. The van der Waals surface area contributed by atoms with Crippen molar-refractivity contribution < 1.29 is 0 Å². The smallest absolute Gasteiger partial charge is 0.0104 e. The highest BCUT2D eigenvalue weighted by atomic mass is 15.1. The van der Waals surface area contributed by atoms with Crippen molar-refractivity contribution in [2.24, 2.45) is 5.92 Å². The summed E-state index contributed by atoms with van der Waals surface area (Å²) in [5.41, 5.74) is 0. The van der Waals surface area contributed by atoms with Crippen molar-refractivity contribution in [1.29, 1.82) is 0 Å². The van der Waals surface area contributed by atoms with Gasteiger partial charge < -0.3 is 15.5 Å². The predicted octanol–water partition coefficient (Wildman–Crippen LogP) is -0.253. The van der Waals surface area contributed by atoms with Crippen LogP contribution in [0.1, 0.15) is 6.42 Å². The summed E-state index contributed by atoms with van der Waals surface area (Å²) >= 11 is 0. The third-order valence-electron chi connectivity index (χ3n) is 2.48. The predicted molar refractivity (Wildman–Crippen MR) is 52.4 cm³/mol. The van der Waals surface area contributed by atoms with Crippen molar-refractivity contribution in [3.05, 3.63) is 0 Å². The lowest BCUT2D eigenvalue weighted by molar-refractivity contribution is 0.287. The lowest BCUT2D eigenvalue weighted by atomic mass is 10.1. The second kappa shape index (κ2) is 5.51. The Morgan fingerprint density at radius 1 is 1.58 bits per heavy atom. The number of nitrogens with zero attached hydrogens (tertiary/aromatic N) is 1. The van der Waals surface area contributed by atoms with Crippen molar-refractivity contribution in [1.82, 2.24) is 15.5 Å². The molecule has 0 aliphatic carbocycles. The van der Waals surface area contributed by atoms with Gasteiger partial charge in [-0.3, -0.25) is 0 Å². The Kier molecular flexibility index (Phi) is 4.58. The zero-order chi connectivity index (χ0) is 8.81. The van der Waals surface area contributed by atoms with E-state index in [1.807, 2.05) is 7.05 Å². The molecule has 0 amide bonds. The lowest BCUT2D eigenvalue weighted by Crippen LogP contribution is -2.32. The zero-order valence-corrected chi connectivity index (χ0v) is 8.27. The number of rotatable bonds is 5. The maximum Gasteiger partial charge on any atom is 0.0104 e. The Labute approximate surface area is 75.5 Å². The van der Waals surface area contributed by atoms with E-state index in [0.717, 1.165) is 19.0 Å². The summed E-state index contributed by atoms with van der Waals surface area (Å²) in [5, 5.41) is 6.56. The molecule has 0 aromatic carbocycles. The van der Waals surface area contributed by atoms with Crippen LogP contribution in [0, 0.1) is 5.92 Å². The summed E-state index contributed by atoms with van der Waals surface area (Å²) < 4.78 is 0. The second-order valence-corrected chi connectivity index (χ2v) is 3.72. The van der Waals surface area contributed by atoms with Gasteiger partial charge in [0.15, 0.2) is 0 Å². The molecule has 0 spiro atoms. The Balaban J connectivity index is 2.03. The Bertz CT molecular complexity index is 110. The molecular weight excluding hydrogens is 150 g/mol. The third-order valence-corrected chi connectivity index (χ3v) is 2.48. The van der Waals surface area contributed by atoms with Gasteiger partial charge in [0.1, 0.15) is 0 Å². The molecule has 2 N–H and O–H groups in total. The highest BCUT2D eigenvalue weighted by Gasteiger charge is 2.15. The summed E-state index contributed by atoms with van der Waals surface area (Å²) in [4.78, 5) is 2.41. The molecule has 72 valence electrons. The van der Waals surface area contributed by atoms with Crippen molar-refractivity contribution in [3.63, 3.8) is 0 Å². The second-order valence-electron chi connectivity index (χ2n) is 3.72. The Hall–Kier alpha value is -0.120. The molecule has 3 heteroatoms. The van der Waals surface area contributed by atoms with Crippen LogP contribution in [0.15, 0.2) is 0 Å². The third kappa shape index (κ3) is 3.52. The maximum absolute atomic E-state index is 3.39. The molecule has 1 aliphatic heterocycles. The van der Waals surface area contributed by atoms with E-state index in [2.05, 4.69) is 22.6 Å². The first-order valence-electron chi connectivity index (χ1n) is 4.87. The minimum atomic E-state index is 0.881. The molecule has 12 heavy (non-hydrogen) atoms. The molecule has 1 fully saturated rings. The molecule has 0 aromatic rings. The first-order valence-corrected chi connectivity index (χ1v) is 4.87. The number of nitrogens with one attached hydrogen (secondary N) is 2. The molecule has 1 rings (SSSR count). The van der Waals surface area contributed by atoms with Gasteiger partial charge in [0.05, 0.1) is 0 Å². The highest BCUT2D eigenvalue weighted by molar-refractivity contribution is 4.73. The monoisotopic (exact) mass is 171 g/mol. The first kappa shape index (κ1) is 9.96. The van der Waals surface area contributed by atoms with Crippen LogP contribution in [0.2, 0.25) is 0 Å². The van der Waals surface area contributed by atoms with Crippen molar-refractivity contribution in [2.45, 2.75) is 6.42 Å². The number of likely N-dealkylation sites (N-methyl/N-ethyl adjacent to an activating group) is 2. The van der Waals surface area contributed by atoms with Gasteiger partial charge >= 0.3 is 0 Å². The van der Waals surface area contributed by atoms with Crippen molar-refractivity contribution >= 4 is 0 Å². The largest absolute Gasteiger partial charge is 0.318 e. The van der Waals surface area contributed by atoms with Crippen LogP contribution in [-0.4, -0.2) is 51.7 Å². The molecule has 0 unspecified atom stereocenters. The van der Waals surface area contributed by atoms with Gasteiger partial charge in [-0.1, -0.05) is 0 Å². The average Bonchev–Trinajstić information content (AvgIpc) is 2.53. The van der Waals surface area contributed by atoms with E-state index in [1.165, 1.54) is 26.1 Å². The van der Waals surface area contributed by atoms with E-state index in [9.17, 15) is 0 Å². The topological polar surface area (TPSA) is 27.3 Å². The van der Waals surface area contributed by atoms with Gasteiger partial charge in [0.25, 0.3) is 0 Å². The SMILES string of the molecule is CNCCN(C)C[C@@H]1CCNC1. The average molecular weight is 171 g/mol. The molecule has 0 radical (unpaired) electrons. The number of hydrogen-bond donors (Lipinski definition) is 2. The van der Waals surface area contributed by atoms with Crippen LogP contribution in [0.25, 0.3) is 0 Å². The summed E-state index contributed by atoms with van der Waals surface area (Å²) in [6.07, 6.45) is 1.35. The molecule has 0 saturated carbocycles. The van der Waals surface area contributed by atoms with Crippen LogP contribution in [0.3, 0.4) is 0 Å². The summed E-state index contributed by atoms with van der Waals surface area (Å²) in [6, 6.07) is 0. The molecule has 1 saturated heterocycles. The van der Waals surface area contributed by atoms with Gasteiger partial charge in [-0.15, -0.1) is 0 Å². The fourth-order valence-electron chi connectivity index (χ4n) is 1.70.